The lowest BCUT2D eigenvalue weighted by Crippen LogP contribution is -2.46. The van der Waals surface area contributed by atoms with Crippen molar-refractivity contribution in [3.63, 3.8) is 0 Å². The molecule has 5 nitrogen and oxygen atoms in total. The summed E-state index contributed by atoms with van der Waals surface area (Å²) < 4.78 is 5.31. The molecule has 3 N–H and O–H groups in total. The fourth-order valence-corrected chi connectivity index (χ4v) is 2.08. The highest BCUT2D eigenvalue weighted by Gasteiger charge is 2.27. The third-order valence-corrected chi connectivity index (χ3v) is 3.06. The Morgan fingerprint density at radius 3 is 2.68 bits per heavy atom. The minimum Gasteiger partial charge on any atom is -0.426 e. The van der Waals surface area contributed by atoms with E-state index in [1.807, 2.05) is 18.2 Å². The number of carbonyl (C=O) groups excluding carboxylic acids is 1. The Hall–Kier alpha value is -1.75. The number of piperidine rings is 1. The smallest absolute Gasteiger partial charge is 0.316 e. The molecule has 0 bridgehead atoms. The molecule has 104 valence electrons. The van der Waals surface area contributed by atoms with Crippen molar-refractivity contribution in [1.29, 1.82) is 5.41 Å². The predicted octanol–water partition coefficient (Wildman–Crippen LogP) is 1.62. The summed E-state index contributed by atoms with van der Waals surface area (Å²) in [5, 5.41) is 7.39. The molecule has 1 fully saturated rings. The van der Waals surface area contributed by atoms with Gasteiger partial charge in [-0.2, -0.15) is 0 Å². The van der Waals surface area contributed by atoms with Gasteiger partial charge in [-0.3, -0.25) is 10.2 Å². The van der Waals surface area contributed by atoms with Crippen LogP contribution in [0.3, 0.4) is 0 Å². The van der Waals surface area contributed by atoms with Gasteiger partial charge in [-0.25, -0.2) is 0 Å². The second-order valence-corrected chi connectivity index (χ2v) is 4.40. The third-order valence-electron chi connectivity index (χ3n) is 3.06. The van der Waals surface area contributed by atoms with Crippen LogP contribution in [-0.4, -0.2) is 29.9 Å². The minimum atomic E-state index is -0.243. The molecule has 1 heterocycles. The number of carbonyl (C=O) groups is 1. The molecule has 1 aromatic carbocycles. The Morgan fingerprint density at radius 2 is 2.05 bits per heavy atom. The number of esters is 1. The Labute approximate surface area is 118 Å². The topological polar surface area (TPSA) is 79.4 Å². The highest BCUT2D eigenvalue weighted by Crippen LogP contribution is 2.19. The summed E-state index contributed by atoms with van der Waals surface area (Å²) in [6.45, 7) is 1.21. The molecule has 0 aliphatic carbocycles. The molecule has 2 rings (SSSR count). The highest BCUT2D eigenvalue weighted by molar-refractivity contribution is 5.85. The Kier molecular flexibility index (Phi) is 5.63. The molecule has 1 aromatic rings. The van der Waals surface area contributed by atoms with Crippen molar-refractivity contribution in [2.24, 2.45) is 11.7 Å². The number of ether oxygens (including phenoxy) is 1. The molecule has 0 spiro atoms. The van der Waals surface area contributed by atoms with Crippen LogP contribution in [0, 0.1) is 11.3 Å². The van der Waals surface area contributed by atoms with Crippen molar-refractivity contribution < 1.29 is 9.53 Å². The quantitative estimate of drug-likeness (QED) is 0.374. The minimum absolute atomic E-state index is 0. The van der Waals surface area contributed by atoms with Gasteiger partial charge in [0.15, 0.2) is 5.96 Å². The molecular formula is C13H18ClN3O2. The Balaban J connectivity index is 0.00000180. The Morgan fingerprint density at radius 1 is 1.37 bits per heavy atom. The van der Waals surface area contributed by atoms with Crippen molar-refractivity contribution in [3.05, 3.63) is 30.3 Å². The third kappa shape index (κ3) is 4.13. The normalized spacial score (nSPS) is 18.3. The van der Waals surface area contributed by atoms with Crippen LogP contribution >= 0.6 is 12.4 Å². The number of likely N-dealkylation sites (tertiary alicyclic amines) is 1. The maximum Gasteiger partial charge on any atom is 0.316 e. The van der Waals surface area contributed by atoms with E-state index in [4.69, 9.17) is 15.9 Å². The molecular weight excluding hydrogens is 266 g/mol. The van der Waals surface area contributed by atoms with Crippen LogP contribution in [0.4, 0.5) is 0 Å². The first-order valence-electron chi connectivity index (χ1n) is 6.02. The van der Waals surface area contributed by atoms with Gasteiger partial charge in [-0.15, -0.1) is 12.4 Å². The number of hydrogen-bond acceptors (Lipinski definition) is 3. The molecule has 1 saturated heterocycles. The lowest BCUT2D eigenvalue weighted by molar-refractivity contribution is -0.140. The van der Waals surface area contributed by atoms with Crippen LogP contribution in [0.15, 0.2) is 30.3 Å². The summed E-state index contributed by atoms with van der Waals surface area (Å²) in [5.74, 6) is 0.129. The van der Waals surface area contributed by atoms with Crippen LogP contribution in [0.1, 0.15) is 12.8 Å². The van der Waals surface area contributed by atoms with Crippen LogP contribution in [-0.2, 0) is 4.79 Å². The fraction of sp³-hybridized carbons (Fsp3) is 0.385. The summed E-state index contributed by atoms with van der Waals surface area (Å²) in [6, 6.07) is 9.03. The van der Waals surface area contributed by atoms with Crippen LogP contribution < -0.4 is 10.5 Å². The fourth-order valence-electron chi connectivity index (χ4n) is 2.08. The molecule has 0 radical (unpaired) electrons. The van der Waals surface area contributed by atoms with Gasteiger partial charge in [-0.05, 0) is 25.0 Å². The van der Waals surface area contributed by atoms with E-state index < -0.39 is 0 Å². The zero-order valence-corrected chi connectivity index (χ0v) is 11.4. The van der Waals surface area contributed by atoms with E-state index in [0.29, 0.717) is 12.3 Å². The number of nitrogens with one attached hydrogen (secondary N) is 1. The van der Waals surface area contributed by atoms with E-state index in [0.717, 1.165) is 19.4 Å². The van der Waals surface area contributed by atoms with E-state index in [1.165, 1.54) is 0 Å². The summed E-state index contributed by atoms with van der Waals surface area (Å²) in [7, 11) is 0. The van der Waals surface area contributed by atoms with Gasteiger partial charge in [0.25, 0.3) is 0 Å². The number of nitrogens with zero attached hydrogens (tertiary/aromatic N) is 1. The monoisotopic (exact) mass is 283 g/mol. The molecule has 1 atom stereocenters. The summed E-state index contributed by atoms with van der Waals surface area (Å²) >= 11 is 0. The van der Waals surface area contributed by atoms with Gasteiger partial charge in [0.1, 0.15) is 5.75 Å². The van der Waals surface area contributed by atoms with Gasteiger partial charge in [0, 0.05) is 13.1 Å². The molecule has 0 amide bonds. The van der Waals surface area contributed by atoms with Crippen molar-refractivity contribution in [2.45, 2.75) is 12.8 Å². The average Bonchev–Trinajstić information content (AvgIpc) is 2.40. The first-order chi connectivity index (χ1) is 8.66. The number of halogens is 1. The molecule has 1 unspecified atom stereocenters. The zero-order chi connectivity index (χ0) is 13.0. The van der Waals surface area contributed by atoms with Gasteiger partial charge < -0.3 is 15.4 Å². The number of para-hydroxylation sites is 1. The van der Waals surface area contributed by atoms with E-state index in [9.17, 15) is 4.79 Å². The maximum atomic E-state index is 12.0. The SMILES string of the molecule is Cl.N=C(N)N1CCCC(C(=O)Oc2ccccc2)C1. The largest absolute Gasteiger partial charge is 0.426 e. The first-order valence-corrected chi connectivity index (χ1v) is 6.02. The van der Waals surface area contributed by atoms with Crippen molar-refractivity contribution >= 4 is 24.3 Å². The molecule has 19 heavy (non-hydrogen) atoms. The highest BCUT2D eigenvalue weighted by atomic mass is 35.5. The molecule has 1 aliphatic heterocycles. The molecule has 0 saturated carbocycles. The molecule has 0 aromatic heterocycles. The number of nitrogens with two attached hydrogens (primary N) is 1. The van der Waals surface area contributed by atoms with Crippen LogP contribution in [0.5, 0.6) is 5.75 Å². The number of hydrogen-bond donors (Lipinski definition) is 2. The van der Waals surface area contributed by atoms with Crippen LogP contribution in [0.2, 0.25) is 0 Å². The van der Waals surface area contributed by atoms with E-state index in [1.54, 1.807) is 17.0 Å². The van der Waals surface area contributed by atoms with Gasteiger partial charge in [-0.1, -0.05) is 18.2 Å². The van der Waals surface area contributed by atoms with Gasteiger partial charge in [0.2, 0.25) is 0 Å². The van der Waals surface area contributed by atoms with Crippen LogP contribution in [0.25, 0.3) is 0 Å². The van der Waals surface area contributed by atoms with Gasteiger partial charge in [0.05, 0.1) is 5.92 Å². The number of rotatable bonds is 2. The summed E-state index contributed by atoms with van der Waals surface area (Å²) in [5.41, 5.74) is 5.44. The number of guanidine groups is 1. The van der Waals surface area contributed by atoms with E-state index >= 15 is 0 Å². The summed E-state index contributed by atoms with van der Waals surface area (Å²) in [6.07, 6.45) is 1.64. The number of benzene rings is 1. The molecule has 1 aliphatic rings. The van der Waals surface area contributed by atoms with E-state index in [2.05, 4.69) is 0 Å². The van der Waals surface area contributed by atoms with Crippen molar-refractivity contribution in [1.82, 2.24) is 4.90 Å². The van der Waals surface area contributed by atoms with Crippen molar-refractivity contribution in [2.75, 3.05) is 13.1 Å². The Bertz CT molecular complexity index is 439. The average molecular weight is 284 g/mol. The first kappa shape index (κ1) is 15.3. The lowest BCUT2D eigenvalue weighted by atomic mass is 9.98. The second kappa shape index (κ2) is 6.99. The van der Waals surface area contributed by atoms with E-state index in [-0.39, 0.29) is 30.3 Å². The maximum absolute atomic E-state index is 12.0. The summed E-state index contributed by atoms with van der Waals surface area (Å²) in [4.78, 5) is 13.7. The second-order valence-electron chi connectivity index (χ2n) is 4.40. The van der Waals surface area contributed by atoms with Gasteiger partial charge >= 0.3 is 5.97 Å². The predicted molar refractivity (Wildman–Crippen MR) is 75.5 cm³/mol. The molecule has 6 heteroatoms. The standard InChI is InChI=1S/C13H17N3O2.ClH/c14-13(15)16-8-4-5-10(9-16)12(17)18-11-6-2-1-3-7-11;/h1-3,6-7,10H,4-5,8-9H2,(H3,14,15);1H. The van der Waals surface area contributed by atoms with Crippen molar-refractivity contribution in [3.8, 4) is 5.75 Å². The lowest BCUT2D eigenvalue weighted by Gasteiger charge is -2.31. The zero-order valence-electron chi connectivity index (χ0n) is 10.5.